The van der Waals surface area contributed by atoms with Gasteiger partial charge in [0.2, 0.25) is 0 Å². The van der Waals surface area contributed by atoms with Gasteiger partial charge in [-0.25, -0.2) is 4.98 Å². The number of aromatic nitrogens is 1. The Morgan fingerprint density at radius 3 is 2.81 bits per heavy atom. The highest BCUT2D eigenvalue weighted by Gasteiger charge is 2.31. The molecule has 0 aliphatic carbocycles. The Morgan fingerprint density at radius 2 is 2.07 bits per heavy atom. The van der Waals surface area contributed by atoms with Gasteiger partial charge in [0.05, 0.1) is 5.56 Å². The summed E-state index contributed by atoms with van der Waals surface area (Å²) in [4.78, 5) is 6.17. The van der Waals surface area contributed by atoms with Crippen LogP contribution in [0, 0.1) is 6.92 Å². The van der Waals surface area contributed by atoms with Crippen LogP contribution in [-0.4, -0.2) is 29.2 Å². The summed E-state index contributed by atoms with van der Waals surface area (Å²) in [5.74, 6) is 0.665. The summed E-state index contributed by atoms with van der Waals surface area (Å²) in [6, 6.07) is 9.31. The third-order valence-electron chi connectivity index (χ3n) is 4.45. The minimum absolute atomic E-state index is 0.0538. The van der Waals surface area contributed by atoms with Crippen molar-refractivity contribution in [3.63, 3.8) is 0 Å². The highest BCUT2D eigenvalue weighted by atomic mass is 32.1. The highest BCUT2D eigenvalue weighted by molar-refractivity contribution is 7.80. The maximum atomic E-state index is 13.0. The van der Waals surface area contributed by atoms with E-state index in [1.165, 1.54) is 12.1 Å². The number of thiocarbonyl (C=S) groups is 1. The van der Waals surface area contributed by atoms with Gasteiger partial charge >= 0.3 is 6.18 Å². The number of nitrogens with zero attached hydrogens (tertiary/aromatic N) is 2. The molecule has 0 saturated carbocycles. The van der Waals surface area contributed by atoms with E-state index in [1.807, 2.05) is 24.0 Å². The molecule has 2 aromatic rings. The minimum Gasteiger partial charge on any atom is -0.369 e. The molecule has 0 bridgehead atoms. The predicted molar refractivity (Wildman–Crippen MR) is 105 cm³/mol. The van der Waals surface area contributed by atoms with Gasteiger partial charge in [0, 0.05) is 31.0 Å². The summed E-state index contributed by atoms with van der Waals surface area (Å²) in [7, 11) is 0. The first-order valence-electron chi connectivity index (χ1n) is 8.73. The van der Waals surface area contributed by atoms with E-state index in [0.29, 0.717) is 23.2 Å². The highest BCUT2D eigenvalue weighted by Crippen LogP contribution is 2.32. The number of pyridine rings is 1. The van der Waals surface area contributed by atoms with Crippen molar-refractivity contribution in [3.05, 3.63) is 53.7 Å². The Hall–Kier alpha value is -2.35. The van der Waals surface area contributed by atoms with Crippen molar-refractivity contribution < 1.29 is 13.2 Å². The molecule has 1 atom stereocenters. The van der Waals surface area contributed by atoms with Gasteiger partial charge in [0.25, 0.3) is 0 Å². The van der Waals surface area contributed by atoms with E-state index in [1.54, 1.807) is 12.3 Å². The fourth-order valence-electron chi connectivity index (χ4n) is 3.15. The number of aryl methyl sites for hydroxylation is 1. The van der Waals surface area contributed by atoms with E-state index in [0.717, 1.165) is 31.0 Å². The van der Waals surface area contributed by atoms with E-state index < -0.39 is 11.7 Å². The van der Waals surface area contributed by atoms with Crippen LogP contribution in [0.3, 0.4) is 0 Å². The lowest BCUT2D eigenvalue weighted by molar-refractivity contribution is -0.137. The van der Waals surface area contributed by atoms with Crippen LogP contribution in [0.1, 0.15) is 24.0 Å². The monoisotopic (exact) mass is 394 g/mol. The van der Waals surface area contributed by atoms with Crippen LogP contribution in [0.4, 0.5) is 24.7 Å². The molecule has 3 rings (SSSR count). The SMILES string of the molecule is Cc1ccnc(NC(=S)NC2CCCN(c3cccc(C(F)(F)F)c3)C2)c1. The Balaban J connectivity index is 1.62. The maximum absolute atomic E-state index is 13.0. The van der Waals surface area contributed by atoms with Gasteiger partial charge in [0.15, 0.2) is 5.11 Å². The fourth-order valence-corrected chi connectivity index (χ4v) is 3.42. The molecule has 144 valence electrons. The number of alkyl halides is 3. The number of anilines is 2. The minimum atomic E-state index is -4.34. The summed E-state index contributed by atoms with van der Waals surface area (Å²) in [5, 5.41) is 6.77. The molecular formula is C19H21F3N4S. The molecule has 1 aromatic heterocycles. The molecular weight excluding hydrogens is 373 g/mol. The van der Waals surface area contributed by atoms with Gasteiger partial charge in [0.1, 0.15) is 5.82 Å². The lowest BCUT2D eigenvalue weighted by Crippen LogP contribution is -2.49. The molecule has 27 heavy (non-hydrogen) atoms. The smallest absolute Gasteiger partial charge is 0.369 e. The molecule has 1 aliphatic heterocycles. The van der Waals surface area contributed by atoms with Crippen molar-refractivity contribution in [3.8, 4) is 0 Å². The largest absolute Gasteiger partial charge is 0.416 e. The average molecular weight is 394 g/mol. The second-order valence-electron chi connectivity index (χ2n) is 6.65. The number of halogens is 3. The first-order chi connectivity index (χ1) is 12.8. The molecule has 0 amide bonds. The molecule has 0 radical (unpaired) electrons. The molecule has 2 N–H and O–H groups in total. The molecule has 1 fully saturated rings. The van der Waals surface area contributed by atoms with Crippen molar-refractivity contribution in [2.45, 2.75) is 32.0 Å². The van der Waals surface area contributed by atoms with Crippen molar-refractivity contribution in [1.29, 1.82) is 0 Å². The topological polar surface area (TPSA) is 40.2 Å². The fraction of sp³-hybridized carbons (Fsp3) is 0.368. The molecule has 0 spiro atoms. The average Bonchev–Trinajstić information content (AvgIpc) is 2.61. The van der Waals surface area contributed by atoms with Crippen LogP contribution in [0.5, 0.6) is 0 Å². The zero-order valence-electron chi connectivity index (χ0n) is 14.9. The van der Waals surface area contributed by atoms with Crippen LogP contribution >= 0.6 is 12.2 Å². The van der Waals surface area contributed by atoms with Gasteiger partial charge in [-0.05, 0) is 67.9 Å². The van der Waals surface area contributed by atoms with E-state index in [2.05, 4.69) is 15.6 Å². The quantitative estimate of drug-likeness (QED) is 0.757. The first kappa shape index (κ1) is 19.4. The van der Waals surface area contributed by atoms with Crippen LogP contribution < -0.4 is 15.5 Å². The second kappa shape index (κ2) is 8.12. The Morgan fingerprint density at radius 1 is 1.26 bits per heavy atom. The molecule has 8 heteroatoms. The number of piperidine rings is 1. The lowest BCUT2D eigenvalue weighted by atomic mass is 10.0. The van der Waals surface area contributed by atoms with Crippen LogP contribution in [-0.2, 0) is 6.18 Å². The molecule has 1 aromatic carbocycles. The van der Waals surface area contributed by atoms with Crippen molar-refractivity contribution in [2.24, 2.45) is 0 Å². The van der Waals surface area contributed by atoms with Gasteiger partial charge < -0.3 is 15.5 Å². The third-order valence-corrected chi connectivity index (χ3v) is 4.67. The molecule has 4 nitrogen and oxygen atoms in total. The number of rotatable bonds is 3. The summed E-state index contributed by atoms with van der Waals surface area (Å²) in [5.41, 5.74) is 1.03. The zero-order valence-corrected chi connectivity index (χ0v) is 15.7. The van der Waals surface area contributed by atoms with Gasteiger partial charge in [-0.2, -0.15) is 13.2 Å². The normalized spacial score (nSPS) is 17.5. The summed E-state index contributed by atoms with van der Waals surface area (Å²) < 4.78 is 38.9. The molecule has 1 aliphatic rings. The Labute approximate surface area is 161 Å². The summed E-state index contributed by atoms with van der Waals surface area (Å²) in [6.45, 7) is 3.28. The van der Waals surface area contributed by atoms with Crippen LogP contribution in [0.2, 0.25) is 0 Å². The Bertz CT molecular complexity index is 810. The van der Waals surface area contributed by atoms with Crippen LogP contribution in [0.25, 0.3) is 0 Å². The predicted octanol–water partition coefficient (Wildman–Crippen LogP) is 4.36. The maximum Gasteiger partial charge on any atom is 0.416 e. The standard InChI is InChI=1S/C19H21F3N4S/c1-13-7-8-23-17(10-13)25-18(27)24-15-5-3-9-26(12-15)16-6-2-4-14(11-16)19(20,21)22/h2,4,6-8,10-11,15H,3,5,9,12H2,1H3,(H2,23,24,25,27). The van der Waals surface area contributed by atoms with Gasteiger partial charge in [-0.1, -0.05) is 6.07 Å². The van der Waals surface area contributed by atoms with E-state index in [4.69, 9.17) is 12.2 Å². The number of hydrogen-bond acceptors (Lipinski definition) is 3. The molecule has 1 saturated heterocycles. The van der Waals surface area contributed by atoms with Crippen LogP contribution in [0.15, 0.2) is 42.6 Å². The summed E-state index contributed by atoms with van der Waals surface area (Å²) in [6.07, 6.45) is -0.857. The Kier molecular flexibility index (Phi) is 5.84. The van der Waals surface area contributed by atoms with Gasteiger partial charge in [-0.15, -0.1) is 0 Å². The van der Waals surface area contributed by atoms with E-state index in [9.17, 15) is 13.2 Å². The third kappa shape index (κ3) is 5.32. The van der Waals surface area contributed by atoms with Gasteiger partial charge in [-0.3, -0.25) is 0 Å². The number of benzene rings is 1. The van der Waals surface area contributed by atoms with Crippen molar-refractivity contribution in [1.82, 2.24) is 10.3 Å². The second-order valence-corrected chi connectivity index (χ2v) is 7.06. The van der Waals surface area contributed by atoms with E-state index in [-0.39, 0.29) is 6.04 Å². The molecule has 2 heterocycles. The number of hydrogen-bond donors (Lipinski definition) is 2. The first-order valence-corrected chi connectivity index (χ1v) is 9.14. The van der Waals surface area contributed by atoms with Crippen molar-refractivity contribution in [2.75, 3.05) is 23.3 Å². The number of nitrogens with one attached hydrogen (secondary N) is 2. The molecule has 1 unspecified atom stereocenters. The zero-order chi connectivity index (χ0) is 19.4. The van der Waals surface area contributed by atoms with Crippen molar-refractivity contribution >= 4 is 28.8 Å². The summed E-state index contributed by atoms with van der Waals surface area (Å²) >= 11 is 5.36. The lowest BCUT2D eigenvalue weighted by Gasteiger charge is -2.35. The van der Waals surface area contributed by atoms with E-state index >= 15 is 0 Å².